The van der Waals surface area contributed by atoms with Crippen LogP contribution in [-0.4, -0.2) is 27.5 Å². The number of fused-ring (bicyclic) bond motifs is 1. The predicted molar refractivity (Wildman–Crippen MR) is 53.9 cm³/mol. The first kappa shape index (κ1) is 10.0. The average Bonchev–Trinajstić information content (AvgIpc) is 2.07. The van der Waals surface area contributed by atoms with Crippen molar-refractivity contribution in [2.24, 2.45) is 0 Å². The summed E-state index contributed by atoms with van der Waals surface area (Å²) in [6.07, 6.45) is 1.71. The standard InChI is InChI=1S/C10H9NO.Al/c1-7-5-6-11-10-8(7)3-2-4-9(10)12;/h2-6,12H,1H3;/q;+3. The molecule has 2 rings (SSSR count). The van der Waals surface area contributed by atoms with Crippen molar-refractivity contribution in [2.45, 2.75) is 6.92 Å². The smallest absolute Gasteiger partial charge is 0.506 e. The van der Waals surface area contributed by atoms with Crippen molar-refractivity contribution in [3.05, 3.63) is 36.0 Å². The zero-order chi connectivity index (χ0) is 8.55. The molecule has 0 bridgehead atoms. The van der Waals surface area contributed by atoms with Crippen LogP contribution in [0.2, 0.25) is 0 Å². The molecule has 0 saturated heterocycles. The number of para-hydroxylation sites is 1. The summed E-state index contributed by atoms with van der Waals surface area (Å²) in [5.74, 6) is 0.246. The summed E-state index contributed by atoms with van der Waals surface area (Å²) in [6, 6.07) is 7.36. The van der Waals surface area contributed by atoms with E-state index in [1.54, 1.807) is 12.3 Å². The second kappa shape index (κ2) is 3.78. The van der Waals surface area contributed by atoms with E-state index in [4.69, 9.17) is 0 Å². The van der Waals surface area contributed by atoms with Crippen molar-refractivity contribution in [3.8, 4) is 5.75 Å². The minimum atomic E-state index is 0. The molecule has 0 spiro atoms. The van der Waals surface area contributed by atoms with E-state index in [0.717, 1.165) is 10.9 Å². The Morgan fingerprint density at radius 3 is 2.69 bits per heavy atom. The van der Waals surface area contributed by atoms with Gasteiger partial charge in [0.05, 0.1) is 0 Å². The van der Waals surface area contributed by atoms with Crippen LogP contribution >= 0.6 is 0 Å². The van der Waals surface area contributed by atoms with Gasteiger partial charge in [-0.3, -0.25) is 4.98 Å². The molecular weight excluding hydrogens is 177 g/mol. The molecule has 0 aliphatic rings. The quantitative estimate of drug-likeness (QED) is 0.637. The van der Waals surface area contributed by atoms with Gasteiger partial charge in [-0.2, -0.15) is 0 Å². The summed E-state index contributed by atoms with van der Waals surface area (Å²) in [5, 5.41) is 10.4. The zero-order valence-electron chi connectivity index (χ0n) is 7.36. The van der Waals surface area contributed by atoms with Crippen LogP contribution in [0.3, 0.4) is 0 Å². The van der Waals surface area contributed by atoms with E-state index in [-0.39, 0.29) is 23.1 Å². The summed E-state index contributed by atoms with van der Waals surface area (Å²) in [7, 11) is 0. The summed E-state index contributed by atoms with van der Waals surface area (Å²) < 4.78 is 0. The fraction of sp³-hybridized carbons (Fsp3) is 0.100. The minimum absolute atomic E-state index is 0. The van der Waals surface area contributed by atoms with Crippen LogP contribution in [0.15, 0.2) is 30.5 Å². The van der Waals surface area contributed by atoms with Crippen molar-refractivity contribution in [2.75, 3.05) is 0 Å². The Bertz CT molecular complexity index is 387. The molecule has 0 radical (unpaired) electrons. The summed E-state index contributed by atoms with van der Waals surface area (Å²) in [6.45, 7) is 2.00. The Morgan fingerprint density at radius 2 is 2.00 bits per heavy atom. The molecule has 0 saturated carbocycles. The third kappa shape index (κ3) is 1.67. The van der Waals surface area contributed by atoms with Crippen LogP contribution in [0.1, 0.15) is 5.56 Å². The van der Waals surface area contributed by atoms with Crippen molar-refractivity contribution in [3.63, 3.8) is 0 Å². The van der Waals surface area contributed by atoms with Crippen LogP contribution in [-0.2, 0) is 0 Å². The Hall–Kier alpha value is -1.04. The number of benzene rings is 1. The SMILES string of the molecule is Cc1ccnc2c(O)cccc12.[Al+3]. The Morgan fingerprint density at radius 1 is 1.23 bits per heavy atom. The molecule has 3 heteroatoms. The van der Waals surface area contributed by atoms with E-state index in [9.17, 15) is 5.11 Å². The normalized spacial score (nSPS) is 9.62. The van der Waals surface area contributed by atoms with E-state index in [1.807, 2.05) is 25.1 Å². The van der Waals surface area contributed by atoms with Gasteiger partial charge in [0.25, 0.3) is 0 Å². The Labute approximate surface area is 87.4 Å². The molecule has 2 aromatic rings. The van der Waals surface area contributed by atoms with E-state index in [1.165, 1.54) is 0 Å². The summed E-state index contributed by atoms with van der Waals surface area (Å²) in [5.41, 5.74) is 1.81. The monoisotopic (exact) mass is 186 g/mol. The maximum atomic E-state index is 9.43. The molecule has 0 amide bonds. The van der Waals surface area contributed by atoms with Gasteiger partial charge in [-0.05, 0) is 24.6 Å². The number of aromatic nitrogens is 1. The molecule has 0 fully saturated rings. The number of pyridine rings is 1. The second-order valence-corrected chi connectivity index (χ2v) is 2.80. The molecule has 2 nitrogen and oxygen atoms in total. The van der Waals surface area contributed by atoms with Crippen LogP contribution < -0.4 is 0 Å². The van der Waals surface area contributed by atoms with Crippen molar-refractivity contribution in [1.29, 1.82) is 0 Å². The van der Waals surface area contributed by atoms with Gasteiger partial charge in [-0.1, -0.05) is 12.1 Å². The molecule has 1 heterocycles. The number of phenols is 1. The first-order chi connectivity index (χ1) is 5.79. The van der Waals surface area contributed by atoms with Gasteiger partial charge in [0, 0.05) is 11.6 Å². The van der Waals surface area contributed by atoms with Gasteiger partial charge in [-0.15, -0.1) is 0 Å². The summed E-state index contributed by atoms with van der Waals surface area (Å²) >= 11 is 0. The fourth-order valence-corrected chi connectivity index (χ4v) is 1.30. The molecule has 60 valence electrons. The van der Waals surface area contributed by atoms with Crippen molar-refractivity contribution >= 4 is 28.3 Å². The van der Waals surface area contributed by atoms with Crippen LogP contribution in [0.25, 0.3) is 10.9 Å². The van der Waals surface area contributed by atoms with Crippen LogP contribution in [0.5, 0.6) is 5.75 Å². The molecule has 0 unspecified atom stereocenters. The third-order valence-corrected chi connectivity index (χ3v) is 1.97. The van der Waals surface area contributed by atoms with Crippen molar-refractivity contribution < 1.29 is 5.11 Å². The number of rotatable bonds is 0. The fourth-order valence-electron chi connectivity index (χ4n) is 1.30. The van der Waals surface area contributed by atoms with E-state index >= 15 is 0 Å². The van der Waals surface area contributed by atoms with E-state index < -0.39 is 0 Å². The van der Waals surface area contributed by atoms with Gasteiger partial charge in [0.2, 0.25) is 0 Å². The molecule has 0 aliphatic carbocycles. The first-order valence-corrected chi connectivity index (χ1v) is 3.82. The predicted octanol–water partition coefficient (Wildman–Crippen LogP) is 1.87. The molecule has 1 aromatic carbocycles. The van der Waals surface area contributed by atoms with Gasteiger partial charge < -0.3 is 5.11 Å². The third-order valence-electron chi connectivity index (χ3n) is 1.97. The number of aryl methyl sites for hydroxylation is 1. The first-order valence-electron chi connectivity index (χ1n) is 3.82. The zero-order valence-corrected chi connectivity index (χ0v) is 8.51. The second-order valence-electron chi connectivity index (χ2n) is 2.80. The number of nitrogens with zero attached hydrogens (tertiary/aromatic N) is 1. The van der Waals surface area contributed by atoms with Crippen LogP contribution in [0, 0.1) is 6.92 Å². The number of hydrogen-bond donors (Lipinski definition) is 1. The molecule has 0 aliphatic heterocycles. The van der Waals surface area contributed by atoms with Gasteiger partial charge in [0.1, 0.15) is 11.3 Å². The summed E-state index contributed by atoms with van der Waals surface area (Å²) in [4.78, 5) is 4.09. The molecule has 13 heavy (non-hydrogen) atoms. The molecule has 1 N–H and O–H groups in total. The molecule has 0 atom stereocenters. The Kier molecular flexibility index (Phi) is 2.92. The van der Waals surface area contributed by atoms with E-state index in [0.29, 0.717) is 5.52 Å². The topological polar surface area (TPSA) is 33.1 Å². The minimum Gasteiger partial charge on any atom is -0.506 e. The van der Waals surface area contributed by atoms with Gasteiger partial charge in [0.15, 0.2) is 0 Å². The maximum Gasteiger partial charge on any atom is 3.00 e. The van der Waals surface area contributed by atoms with E-state index in [2.05, 4.69) is 4.98 Å². The maximum absolute atomic E-state index is 9.43. The Balaban J connectivity index is 0.000000845. The average molecular weight is 186 g/mol. The molecular formula is C10H9AlNO+3. The van der Waals surface area contributed by atoms with Crippen molar-refractivity contribution in [1.82, 2.24) is 4.98 Å². The van der Waals surface area contributed by atoms with Crippen LogP contribution in [0.4, 0.5) is 0 Å². The number of hydrogen-bond acceptors (Lipinski definition) is 2. The largest absolute Gasteiger partial charge is 3.00 e. The number of phenolic OH excluding ortho intramolecular Hbond substituents is 1. The van der Waals surface area contributed by atoms with Gasteiger partial charge >= 0.3 is 17.4 Å². The van der Waals surface area contributed by atoms with Gasteiger partial charge in [-0.25, -0.2) is 0 Å². The number of aromatic hydroxyl groups is 1. The molecule has 1 aromatic heterocycles.